The van der Waals surface area contributed by atoms with Gasteiger partial charge in [0.2, 0.25) is 0 Å². The highest BCUT2D eigenvalue weighted by Gasteiger charge is 2.09. The fourth-order valence-corrected chi connectivity index (χ4v) is 1.95. The van der Waals surface area contributed by atoms with Gasteiger partial charge in [-0.2, -0.15) is 0 Å². The van der Waals surface area contributed by atoms with Crippen LogP contribution in [-0.4, -0.2) is 11.0 Å². The Bertz CT molecular complexity index is 316. The maximum atomic E-state index is 5.89. The normalized spacial score (nSPS) is 21.8. The Morgan fingerprint density at radius 3 is 3.14 bits per heavy atom. The van der Waals surface area contributed by atoms with Crippen LogP contribution in [0.4, 0.5) is 0 Å². The zero-order chi connectivity index (χ0) is 9.80. The number of rotatable bonds is 2. The molecule has 1 atom stereocenters. The van der Waals surface area contributed by atoms with E-state index < -0.39 is 0 Å². The van der Waals surface area contributed by atoms with Gasteiger partial charge < -0.3 is 5.73 Å². The molecule has 0 aliphatic heterocycles. The van der Waals surface area contributed by atoms with Gasteiger partial charge >= 0.3 is 0 Å². The molecule has 1 heterocycles. The van der Waals surface area contributed by atoms with E-state index in [0.29, 0.717) is 0 Å². The fraction of sp³-hybridized carbons (Fsp3) is 0.417. The van der Waals surface area contributed by atoms with Crippen LogP contribution < -0.4 is 5.73 Å². The molecular weight excluding hydrogens is 172 g/mol. The SMILES string of the molecule is NC1C=C(Cc2cccnc2)CCC1. The molecule has 14 heavy (non-hydrogen) atoms. The number of hydrogen-bond donors (Lipinski definition) is 1. The van der Waals surface area contributed by atoms with Crippen LogP contribution in [-0.2, 0) is 6.42 Å². The van der Waals surface area contributed by atoms with E-state index in [9.17, 15) is 0 Å². The van der Waals surface area contributed by atoms with Gasteiger partial charge in [-0.15, -0.1) is 0 Å². The van der Waals surface area contributed by atoms with Crippen molar-refractivity contribution in [2.75, 3.05) is 0 Å². The summed E-state index contributed by atoms with van der Waals surface area (Å²) in [6.07, 6.45) is 10.5. The maximum absolute atomic E-state index is 5.89. The molecule has 0 amide bonds. The first kappa shape index (κ1) is 9.41. The van der Waals surface area contributed by atoms with Crippen molar-refractivity contribution in [3.63, 3.8) is 0 Å². The zero-order valence-electron chi connectivity index (χ0n) is 8.32. The van der Waals surface area contributed by atoms with Crippen LogP contribution in [0.5, 0.6) is 0 Å². The van der Waals surface area contributed by atoms with Crippen molar-refractivity contribution in [1.82, 2.24) is 4.98 Å². The minimum absolute atomic E-state index is 0.274. The molecule has 0 fully saturated rings. The molecule has 2 rings (SSSR count). The summed E-state index contributed by atoms with van der Waals surface area (Å²) in [5.74, 6) is 0. The first-order valence-electron chi connectivity index (χ1n) is 5.18. The van der Waals surface area contributed by atoms with Crippen LogP contribution in [0.25, 0.3) is 0 Å². The largest absolute Gasteiger partial charge is 0.324 e. The van der Waals surface area contributed by atoms with Crippen molar-refractivity contribution in [3.05, 3.63) is 41.7 Å². The van der Waals surface area contributed by atoms with Crippen molar-refractivity contribution in [1.29, 1.82) is 0 Å². The fourth-order valence-electron chi connectivity index (χ4n) is 1.95. The summed E-state index contributed by atoms with van der Waals surface area (Å²) in [5, 5.41) is 0. The van der Waals surface area contributed by atoms with Crippen LogP contribution in [0.3, 0.4) is 0 Å². The second kappa shape index (κ2) is 4.38. The second-order valence-corrected chi connectivity index (χ2v) is 3.92. The first-order valence-corrected chi connectivity index (χ1v) is 5.18. The quantitative estimate of drug-likeness (QED) is 0.721. The molecule has 74 valence electrons. The van der Waals surface area contributed by atoms with Crippen molar-refractivity contribution >= 4 is 0 Å². The maximum Gasteiger partial charge on any atom is 0.0303 e. The van der Waals surface area contributed by atoms with Crippen molar-refractivity contribution in [3.8, 4) is 0 Å². The number of aromatic nitrogens is 1. The van der Waals surface area contributed by atoms with Crippen LogP contribution in [0, 0.1) is 0 Å². The lowest BCUT2D eigenvalue weighted by atomic mass is 9.92. The third-order valence-corrected chi connectivity index (χ3v) is 2.64. The average molecular weight is 188 g/mol. The van der Waals surface area contributed by atoms with E-state index in [1.165, 1.54) is 24.0 Å². The van der Waals surface area contributed by atoms with E-state index in [0.717, 1.165) is 12.8 Å². The minimum Gasteiger partial charge on any atom is -0.324 e. The molecule has 2 N–H and O–H groups in total. The lowest BCUT2D eigenvalue weighted by molar-refractivity contribution is 0.617. The van der Waals surface area contributed by atoms with Gasteiger partial charge in [0.05, 0.1) is 0 Å². The summed E-state index contributed by atoms with van der Waals surface area (Å²) in [5.41, 5.74) is 8.64. The molecule has 1 aliphatic rings. The van der Waals surface area contributed by atoms with Gasteiger partial charge in [-0.3, -0.25) is 4.98 Å². The van der Waals surface area contributed by atoms with Crippen LogP contribution in [0.15, 0.2) is 36.2 Å². The summed E-state index contributed by atoms with van der Waals surface area (Å²) >= 11 is 0. The number of pyridine rings is 1. The van der Waals surface area contributed by atoms with Gasteiger partial charge in [0.15, 0.2) is 0 Å². The number of hydrogen-bond acceptors (Lipinski definition) is 2. The molecule has 1 aromatic rings. The Hall–Kier alpha value is -1.15. The van der Waals surface area contributed by atoms with E-state index in [2.05, 4.69) is 17.1 Å². The van der Waals surface area contributed by atoms with Gasteiger partial charge in [0, 0.05) is 18.4 Å². The van der Waals surface area contributed by atoms with Gasteiger partial charge in [-0.25, -0.2) is 0 Å². The molecule has 2 nitrogen and oxygen atoms in total. The highest BCUT2D eigenvalue weighted by Crippen LogP contribution is 2.20. The second-order valence-electron chi connectivity index (χ2n) is 3.92. The van der Waals surface area contributed by atoms with Gasteiger partial charge in [0.1, 0.15) is 0 Å². The van der Waals surface area contributed by atoms with Gasteiger partial charge in [0.25, 0.3) is 0 Å². The molecule has 1 aromatic heterocycles. The highest BCUT2D eigenvalue weighted by atomic mass is 14.6. The minimum atomic E-state index is 0.274. The van der Waals surface area contributed by atoms with E-state index in [4.69, 9.17) is 5.73 Å². The standard InChI is InChI=1S/C12H16N2/c13-12-5-1-3-10(8-12)7-11-4-2-6-14-9-11/h2,4,6,8-9,12H,1,3,5,7,13H2. The lowest BCUT2D eigenvalue weighted by Gasteiger charge is -2.17. The predicted octanol–water partition coefficient (Wildman–Crippen LogP) is 2.06. The number of allylic oxidation sites excluding steroid dienone is 1. The summed E-state index contributed by atoms with van der Waals surface area (Å²) in [6, 6.07) is 4.38. The van der Waals surface area contributed by atoms with Crippen LogP contribution >= 0.6 is 0 Å². The van der Waals surface area contributed by atoms with Crippen LogP contribution in [0.1, 0.15) is 24.8 Å². The smallest absolute Gasteiger partial charge is 0.0303 e. The van der Waals surface area contributed by atoms with Crippen LogP contribution in [0.2, 0.25) is 0 Å². The van der Waals surface area contributed by atoms with E-state index >= 15 is 0 Å². The molecule has 0 saturated carbocycles. The summed E-state index contributed by atoms with van der Waals surface area (Å²) in [6.45, 7) is 0. The van der Waals surface area contributed by atoms with Crippen molar-refractivity contribution in [2.24, 2.45) is 5.73 Å². The Kier molecular flexibility index (Phi) is 2.94. The molecule has 0 saturated heterocycles. The van der Waals surface area contributed by atoms with Gasteiger partial charge in [-0.05, 0) is 37.3 Å². The number of nitrogens with two attached hydrogens (primary N) is 1. The molecule has 2 heteroatoms. The Morgan fingerprint density at radius 2 is 2.43 bits per heavy atom. The Morgan fingerprint density at radius 1 is 1.50 bits per heavy atom. The highest BCUT2D eigenvalue weighted by molar-refractivity contribution is 5.21. The monoisotopic (exact) mass is 188 g/mol. The third-order valence-electron chi connectivity index (χ3n) is 2.64. The Balaban J connectivity index is 2.04. The topological polar surface area (TPSA) is 38.9 Å². The van der Waals surface area contributed by atoms with Crippen molar-refractivity contribution in [2.45, 2.75) is 31.7 Å². The molecule has 1 aliphatic carbocycles. The summed E-state index contributed by atoms with van der Waals surface area (Å²) in [4.78, 5) is 4.11. The summed E-state index contributed by atoms with van der Waals surface area (Å²) in [7, 11) is 0. The molecule has 0 aromatic carbocycles. The number of nitrogens with zero attached hydrogens (tertiary/aromatic N) is 1. The van der Waals surface area contributed by atoms with Gasteiger partial charge in [-0.1, -0.05) is 17.7 Å². The summed E-state index contributed by atoms with van der Waals surface area (Å²) < 4.78 is 0. The zero-order valence-corrected chi connectivity index (χ0v) is 8.32. The van der Waals surface area contributed by atoms with E-state index in [-0.39, 0.29) is 6.04 Å². The Labute approximate surface area is 84.9 Å². The average Bonchev–Trinajstić information content (AvgIpc) is 2.19. The molecule has 0 spiro atoms. The predicted molar refractivity (Wildman–Crippen MR) is 57.9 cm³/mol. The van der Waals surface area contributed by atoms with E-state index in [1.807, 2.05) is 18.5 Å². The van der Waals surface area contributed by atoms with Crippen molar-refractivity contribution < 1.29 is 0 Å². The first-order chi connectivity index (χ1) is 6.84. The third kappa shape index (κ3) is 2.42. The molecular formula is C12H16N2. The molecule has 0 radical (unpaired) electrons. The van der Waals surface area contributed by atoms with E-state index in [1.54, 1.807) is 0 Å². The lowest BCUT2D eigenvalue weighted by Crippen LogP contribution is -2.20. The molecule has 1 unspecified atom stereocenters. The molecule has 0 bridgehead atoms.